The van der Waals surface area contributed by atoms with Crippen LogP contribution in [0.1, 0.15) is 36.5 Å². The second-order valence-electron chi connectivity index (χ2n) is 5.34. The number of rotatable bonds is 8. The summed E-state index contributed by atoms with van der Waals surface area (Å²) in [5.41, 5.74) is 0.408. The number of hydrogen-bond acceptors (Lipinski definition) is 6. The van der Waals surface area contributed by atoms with Gasteiger partial charge in [-0.1, -0.05) is 13.3 Å². The number of amides is 1. The quantitative estimate of drug-likeness (QED) is 0.571. The summed E-state index contributed by atoms with van der Waals surface area (Å²) < 4.78 is 15.1. The molecule has 1 fully saturated rings. The molecule has 24 heavy (non-hydrogen) atoms. The van der Waals surface area contributed by atoms with Gasteiger partial charge in [0.15, 0.2) is 0 Å². The first kappa shape index (κ1) is 17.8. The summed E-state index contributed by atoms with van der Waals surface area (Å²) >= 11 is 0. The second-order valence-corrected chi connectivity index (χ2v) is 5.34. The van der Waals surface area contributed by atoms with Gasteiger partial charge in [-0.05, 0) is 30.7 Å². The molecule has 0 unspecified atom stereocenters. The van der Waals surface area contributed by atoms with E-state index < -0.39 is 23.9 Å². The lowest BCUT2D eigenvalue weighted by Gasteiger charge is -2.09. The van der Waals surface area contributed by atoms with E-state index in [1.165, 1.54) is 0 Å². The largest absolute Gasteiger partial charge is 0.494 e. The number of unbranched alkanes of at least 4 members (excludes halogenated alkanes) is 1. The van der Waals surface area contributed by atoms with Gasteiger partial charge in [0.05, 0.1) is 13.2 Å². The maximum atomic E-state index is 12.0. The van der Waals surface area contributed by atoms with Gasteiger partial charge in [-0.15, -0.1) is 0 Å². The molecular weight excluding hydrogens is 314 g/mol. The van der Waals surface area contributed by atoms with Crippen LogP contribution in [0, 0.1) is 0 Å². The van der Waals surface area contributed by atoms with Crippen LogP contribution in [0.4, 0.5) is 0 Å². The summed E-state index contributed by atoms with van der Waals surface area (Å²) in [5.74, 6) is -0.930. The Labute approximate surface area is 140 Å². The lowest BCUT2D eigenvalue weighted by Crippen LogP contribution is -2.33. The summed E-state index contributed by atoms with van der Waals surface area (Å²) in [6.07, 6.45) is 1.50. The standard InChI is InChI=1S/C17H21NO6/c1-2-3-9-22-13-6-4-12(5-7-13)16(20)18-11-15(19)24-14-8-10-23-17(14)21/h4-7,14H,2-3,8-11H2,1H3,(H,18,20)/t14-/m1/s1. The lowest BCUT2D eigenvalue weighted by atomic mass is 10.2. The van der Waals surface area contributed by atoms with Gasteiger partial charge in [0, 0.05) is 12.0 Å². The third-order valence-electron chi connectivity index (χ3n) is 3.44. The van der Waals surface area contributed by atoms with E-state index in [4.69, 9.17) is 14.2 Å². The van der Waals surface area contributed by atoms with E-state index >= 15 is 0 Å². The molecule has 130 valence electrons. The van der Waals surface area contributed by atoms with Gasteiger partial charge in [-0.2, -0.15) is 0 Å². The van der Waals surface area contributed by atoms with Crippen LogP contribution in [0.5, 0.6) is 5.75 Å². The van der Waals surface area contributed by atoms with Crippen LogP contribution in [0.2, 0.25) is 0 Å². The Morgan fingerprint density at radius 3 is 2.67 bits per heavy atom. The Morgan fingerprint density at radius 2 is 2.04 bits per heavy atom. The zero-order chi connectivity index (χ0) is 17.4. The highest BCUT2D eigenvalue weighted by atomic mass is 16.6. The van der Waals surface area contributed by atoms with Crippen molar-refractivity contribution >= 4 is 17.8 Å². The van der Waals surface area contributed by atoms with E-state index in [0.29, 0.717) is 24.3 Å². The van der Waals surface area contributed by atoms with E-state index in [0.717, 1.165) is 12.8 Å². The second kappa shape index (κ2) is 8.90. The summed E-state index contributed by atoms with van der Waals surface area (Å²) in [4.78, 5) is 34.8. The van der Waals surface area contributed by atoms with Crippen LogP contribution in [-0.4, -0.2) is 43.7 Å². The minimum absolute atomic E-state index is 0.246. The summed E-state index contributed by atoms with van der Waals surface area (Å²) in [6.45, 7) is 2.65. The van der Waals surface area contributed by atoms with E-state index in [1.807, 2.05) is 0 Å². The molecule has 7 heteroatoms. The minimum atomic E-state index is -0.867. The number of ether oxygens (including phenoxy) is 3. The molecule has 1 aliphatic rings. The molecule has 0 spiro atoms. The normalized spacial score (nSPS) is 16.4. The highest BCUT2D eigenvalue weighted by Gasteiger charge is 2.30. The van der Waals surface area contributed by atoms with Gasteiger partial charge < -0.3 is 19.5 Å². The third kappa shape index (κ3) is 5.26. The van der Waals surface area contributed by atoms with Crippen molar-refractivity contribution in [2.75, 3.05) is 19.8 Å². The van der Waals surface area contributed by atoms with Crippen molar-refractivity contribution in [2.45, 2.75) is 32.3 Å². The number of benzene rings is 1. The first-order valence-corrected chi connectivity index (χ1v) is 7.97. The Morgan fingerprint density at radius 1 is 1.29 bits per heavy atom. The molecule has 1 saturated heterocycles. The van der Waals surface area contributed by atoms with Crippen molar-refractivity contribution in [2.24, 2.45) is 0 Å². The van der Waals surface area contributed by atoms with Crippen LogP contribution in [-0.2, 0) is 19.1 Å². The van der Waals surface area contributed by atoms with Gasteiger partial charge in [0.2, 0.25) is 6.10 Å². The van der Waals surface area contributed by atoms with Crippen molar-refractivity contribution in [3.8, 4) is 5.75 Å². The van der Waals surface area contributed by atoms with Crippen molar-refractivity contribution in [3.63, 3.8) is 0 Å². The van der Waals surface area contributed by atoms with Gasteiger partial charge in [0.1, 0.15) is 12.3 Å². The van der Waals surface area contributed by atoms with Crippen LogP contribution in [0.25, 0.3) is 0 Å². The van der Waals surface area contributed by atoms with Crippen molar-refractivity contribution in [1.82, 2.24) is 5.32 Å². The first-order valence-electron chi connectivity index (χ1n) is 7.97. The van der Waals surface area contributed by atoms with E-state index in [2.05, 4.69) is 12.2 Å². The van der Waals surface area contributed by atoms with Gasteiger partial charge in [-0.3, -0.25) is 9.59 Å². The number of nitrogens with one attached hydrogen (secondary N) is 1. The highest BCUT2D eigenvalue weighted by molar-refractivity contribution is 5.96. The molecule has 0 bridgehead atoms. The van der Waals surface area contributed by atoms with Gasteiger partial charge in [0.25, 0.3) is 5.91 Å². The predicted octanol–water partition coefficient (Wildman–Crippen LogP) is 1.45. The third-order valence-corrected chi connectivity index (χ3v) is 3.44. The maximum absolute atomic E-state index is 12.0. The fraction of sp³-hybridized carbons (Fsp3) is 0.471. The van der Waals surface area contributed by atoms with E-state index in [-0.39, 0.29) is 13.2 Å². The zero-order valence-electron chi connectivity index (χ0n) is 13.6. The number of carbonyl (C=O) groups excluding carboxylic acids is 3. The molecule has 1 aromatic carbocycles. The molecule has 1 heterocycles. The average molecular weight is 335 g/mol. The monoisotopic (exact) mass is 335 g/mol. The molecule has 0 saturated carbocycles. The van der Waals surface area contributed by atoms with Gasteiger partial charge in [-0.25, -0.2) is 4.79 Å². The summed E-state index contributed by atoms with van der Waals surface area (Å²) in [6, 6.07) is 6.65. The maximum Gasteiger partial charge on any atom is 0.347 e. The summed E-state index contributed by atoms with van der Waals surface area (Å²) in [5, 5.41) is 2.45. The highest BCUT2D eigenvalue weighted by Crippen LogP contribution is 2.13. The fourth-order valence-electron chi connectivity index (χ4n) is 2.08. The number of hydrogen-bond donors (Lipinski definition) is 1. The van der Waals surface area contributed by atoms with Crippen LogP contribution in [0.15, 0.2) is 24.3 Å². The number of cyclic esters (lactones) is 1. The molecule has 0 radical (unpaired) electrons. The molecule has 1 N–H and O–H groups in total. The molecule has 0 aromatic heterocycles. The minimum Gasteiger partial charge on any atom is -0.494 e. The Kier molecular flexibility index (Phi) is 6.60. The van der Waals surface area contributed by atoms with Crippen LogP contribution in [0.3, 0.4) is 0 Å². The molecule has 1 atom stereocenters. The molecule has 1 aromatic rings. The molecular formula is C17H21NO6. The van der Waals surface area contributed by atoms with Crippen molar-refractivity contribution in [1.29, 1.82) is 0 Å². The molecule has 7 nitrogen and oxygen atoms in total. The zero-order valence-corrected chi connectivity index (χ0v) is 13.6. The van der Waals surface area contributed by atoms with Crippen LogP contribution >= 0.6 is 0 Å². The summed E-state index contributed by atoms with van der Waals surface area (Å²) in [7, 11) is 0. The first-order chi connectivity index (χ1) is 11.6. The SMILES string of the molecule is CCCCOc1ccc(C(=O)NCC(=O)O[C@@H]2CCOC2=O)cc1. The molecule has 2 rings (SSSR count). The smallest absolute Gasteiger partial charge is 0.347 e. The molecule has 1 amide bonds. The lowest BCUT2D eigenvalue weighted by molar-refractivity contribution is -0.159. The predicted molar refractivity (Wildman–Crippen MR) is 84.6 cm³/mol. The Hall–Kier alpha value is -2.57. The Bertz CT molecular complexity index is 583. The van der Waals surface area contributed by atoms with Crippen molar-refractivity contribution < 1.29 is 28.6 Å². The topological polar surface area (TPSA) is 90.9 Å². The molecule has 1 aliphatic heterocycles. The Balaban J connectivity index is 1.75. The molecule has 0 aliphatic carbocycles. The van der Waals surface area contributed by atoms with E-state index in [1.54, 1.807) is 24.3 Å². The van der Waals surface area contributed by atoms with Gasteiger partial charge >= 0.3 is 11.9 Å². The van der Waals surface area contributed by atoms with Crippen LogP contribution < -0.4 is 10.1 Å². The number of carbonyl (C=O) groups is 3. The fourth-order valence-corrected chi connectivity index (χ4v) is 2.08. The average Bonchev–Trinajstić information content (AvgIpc) is 2.98. The van der Waals surface area contributed by atoms with E-state index in [9.17, 15) is 14.4 Å². The van der Waals surface area contributed by atoms with Crippen molar-refractivity contribution in [3.05, 3.63) is 29.8 Å². The number of esters is 2.